The molecule has 3 rings (SSSR count). The van der Waals surface area contributed by atoms with Crippen LogP contribution in [0.2, 0.25) is 0 Å². The molecule has 9 nitrogen and oxygen atoms in total. The molecule has 1 N–H and O–H groups in total. The summed E-state index contributed by atoms with van der Waals surface area (Å²) in [6, 6.07) is 15.8. The number of hydrogen-bond acceptors (Lipinski definition) is 8. The van der Waals surface area contributed by atoms with E-state index in [1.165, 1.54) is 51.5 Å². The van der Waals surface area contributed by atoms with Gasteiger partial charge in [0.15, 0.2) is 35.4 Å². The highest BCUT2D eigenvalue weighted by Gasteiger charge is 2.17. The van der Waals surface area contributed by atoms with Gasteiger partial charge in [-0.2, -0.15) is 0 Å². The van der Waals surface area contributed by atoms with Crippen molar-refractivity contribution in [1.82, 2.24) is 0 Å². The summed E-state index contributed by atoms with van der Waals surface area (Å²) >= 11 is 0. The van der Waals surface area contributed by atoms with Gasteiger partial charge in [0, 0.05) is 11.3 Å². The minimum absolute atomic E-state index is 0.140. The predicted molar refractivity (Wildman–Crippen MR) is 128 cm³/mol. The first-order chi connectivity index (χ1) is 16.8. The van der Waals surface area contributed by atoms with Gasteiger partial charge in [0.2, 0.25) is 0 Å². The SMILES string of the molecule is COc1ccc(NC(=O)COc2ccc(C(=O)Oc3ccc(C(C)=O)cc3OC)cc2OC)cc1. The van der Waals surface area contributed by atoms with Crippen LogP contribution in [0, 0.1) is 0 Å². The molecular formula is C26H25NO8. The third-order valence-electron chi connectivity index (χ3n) is 4.90. The fraction of sp³-hybridized carbons (Fsp3) is 0.192. The monoisotopic (exact) mass is 479 g/mol. The number of amides is 1. The van der Waals surface area contributed by atoms with Crippen LogP contribution in [-0.4, -0.2) is 45.6 Å². The van der Waals surface area contributed by atoms with E-state index < -0.39 is 5.97 Å². The van der Waals surface area contributed by atoms with E-state index in [0.717, 1.165) is 0 Å². The zero-order valence-electron chi connectivity index (χ0n) is 19.7. The Bertz CT molecular complexity index is 1220. The van der Waals surface area contributed by atoms with E-state index >= 15 is 0 Å². The van der Waals surface area contributed by atoms with Gasteiger partial charge >= 0.3 is 5.97 Å². The molecule has 3 aromatic carbocycles. The number of ether oxygens (including phenoxy) is 5. The van der Waals surface area contributed by atoms with Gasteiger partial charge < -0.3 is 29.0 Å². The molecule has 0 aromatic heterocycles. The molecule has 35 heavy (non-hydrogen) atoms. The molecule has 0 atom stereocenters. The second-order valence-corrected chi connectivity index (χ2v) is 7.24. The van der Waals surface area contributed by atoms with Gasteiger partial charge in [-0.1, -0.05) is 0 Å². The molecule has 0 aliphatic rings. The molecule has 0 bridgehead atoms. The van der Waals surface area contributed by atoms with Gasteiger partial charge in [0.25, 0.3) is 5.91 Å². The Morgan fingerprint density at radius 2 is 1.31 bits per heavy atom. The van der Waals surface area contributed by atoms with Crippen molar-refractivity contribution in [3.8, 4) is 28.7 Å². The Balaban J connectivity index is 1.65. The van der Waals surface area contributed by atoms with Crippen LogP contribution in [0.1, 0.15) is 27.6 Å². The van der Waals surface area contributed by atoms with Crippen molar-refractivity contribution in [2.24, 2.45) is 0 Å². The fourth-order valence-electron chi connectivity index (χ4n) is 3.06. The van der Waals surface area contributed by atoms with Crippen molar-refractivity contribution < 1.29 is 38.1 Å². The lowest BCUT2D eigenvalue weighted by Crippen LogP contribution is -2.20. The van der Waals surface area contributed by atoms with Crippen LogP contribution in [0.15, 0.2) is 60.7 Å². The second-order valence-electron chi connectivity index (χ2n) is 7.24. The number of ketones is 1. The lowest BCUT2D eigenvalue weighted by molar-refractivity contribution is -0.118. The number of carbonyl (C=O) groups excluding carboxylic acids is 3. The first kappa shape index (κ1) is 25.1. The first-order valence-electron chi connectivity index (χ1n) is 10.5. The third-order valence-corrected chi connectivity index (χ3v) is 4.90. The van der Waals surface area contributed by atoms with Gasteiger partial charge in [-0.15, -0.1) is 0 Å². The van der Waals surface area contributed by atoms with Gasteiger partial charge in [0.05, 0.1) is 26.9 Å². The highest BCUT2D eigenvalue weighted by atomic mass is 16.6. The number of methoxy groups -OCH3 is 3. The molecule has 3 aromatic rings. The average molecular weight is 479 g/mol. The summed E-state index contributed by atoms with van der Waals surface area (Å²) in [5, 5.41) is 2.71. The number of carbonyl (C=O) groups is 3. The van der Waals surface area contributed by atoms with Crippen molar-refractivity contribution in [1.29, 1.82) is 0 Å². The van der Waals surface area contributed by atoms with E-state index in [4.69, 9.17) is 23.7 Å². The van der Waals surface area contributed by atoms with E-state index in [-0.39, 0.29) is 46.9 Å². The van der Waals surface area contributed by atoms with Gasteiger partial charge in [0.1, 0.15) is 5.75 Å². The maximum absolute atomic E-state index is 12.7. The first-order valence-corrected chi connectivity index (χ1v) is 10.5. The molecule has 0 radical (unpaired) electrons. The van der Waals surface area contributed by atoms with Crippen molar-refractivity contribution in [2.75, 3.05) is 33.3 Å². The molecule has 0 saturated heterocycles. The Morgan fingerprint density at radius 1 is 0.714 bits per heavy atom. The molecular weight excluding hydrogens is 454 g/mol. The van der Waals surface area contributed by atoms with Crippen LogP contribution in [-0.2, 0) is 4.79 Å². The number of hydrogen-bond donors (Lipinski definition) is 1. The fourth-order valence-corrected chi connectivity index (χ4v) is 3.06. The lowest BCUT2D eigenvalue weighted by atomic mass is 10.1. The quantitative estimate of drug-likeness (QED) is 0.262. The summed E-state index contributed by atoms with van der Waals surface area (Å²) in [4.78, 5) is 36.5. The number of esters is 1. The summed E-state index contributed by atoms with van der Waals surface area (Å²) in [6.07, 6.45) is 0. The maximum atomic E-state index is 12.7. The summed E-state index contributed by atoms with van der Waals surface area (Å²) in [5.41, 5.74) is 1.21. The van der Waals surface area contributed by atoms with Crippen molar-refractivity contribution in [2.45, 2.75) is 6.92 Å². The van der Waals surface area contributed by atoms with E-state index in [1.54, 1.807) is 37.4 Å². The zero-order chi connectivity index (χ0) is 25.4. The number of rotatable bonds is 10. The molecule has 0 unspecified atom stereocenters. The average Bonchev–Trinajstić information content (AvgIpc) is 2.87. The highest BCUT2D eigenvalue weighted by Crippen LogP contribution is 2.31. The normalized spacial score (nSPS) is 10.2. The Labute approximate surface area is 202 Å². The highest BCUT2D eigenvalue weighted by molar-refractivity contribution is 5.95. The Morgan fingerprint density at radius 3 is 1.94 bits per heavy atom. The maximum Gasteiger partial charge on any atom is 0.343 e. The summed E-state index contributed by atoms with van der Waals surface area (Å²) in [7, 11) is 4.39. The van der Waals surface area contributed by atoms with Crippen LogP contribution in [0.4, 0.5) is 5.69 Å². The largest absolute Gasteiger partial charge is 0.497 e. The third kappa shape index (κ3) is 6.50. The summed E-state index contributed by atoms with van der Waals surface area (Å²) in [6.45, 7) is 1.16. The molecule has 182 valence electrons. The second kappa shape index (κ2) is 11.6. The minimum Gasteiger partial charge on any atom is -0.497 e. The van der Waals surface area contributed by atoms with E-state index in [9.17, 15) is 14.4 Å². The molecule has 0 fully saturated rings. The van der Waals surface area contributed by atoms with Crippen LogP contribution < -0.4 is 29.0 Å². The molecule has 1 amide bonds. The van der Waals surface area contributed by atoms with Crippen LogP contribution in [0.5, 0.6) is 28.7 Å². The van der Waals surface area contributed by atoms with E-state index in [1.807, 2.05) is 0 Å². The lowest BCUT2D eigenvalue weighted by Gasteiger charge is -2.13. The molecule has 0 spiro atoms. The van der Waals surface area contributed by atoms with Crippen molar-refractivity contribution >= 4 is 23.3 Å². The van der Waals surface area contributed by atoms with Crippen LogP contribution >= 0.6 is 0 Å². The molecule has 0 heterocycles. The molecule has 9 heteroatoms. The Hall–Kier alpha value is -4.53. The van der Waals surface area contributed by atoms with E-state index in [0.29, 0.717) is 17.0 Å². The van der Waals surface area contributed by atoms with Crippen molar-refractivity contribution in [3.05, 3.63) is 71.8 Å². The molecule has 0 aliphatic carbocycles. The van der Waals surface area contributed by atoms with Gasteiger partial charge in [-0.25, -0.2) is 4.79 Å². The predicted octanol–water partition coefficient (Wildman–Crippen LogP) is 4.15. The number of anilines is 1. The van der Waals surface area contributed by atoms with E-state index in [2.05, 4.69) is 5.32 Å². The summed E-state index contributed by atoms with van der Waals surface area (Å²) in [5.74, 6) is 0.432. The number of Topliss-reactive ketones (excluding diaryl/α,β-unsaturated/α-hetero) is 1. The topological polar surface area (TPSA) is 109 Å². The van der Waals surface area contributed by atoms with Gasteiger partial charge in [-0.05, 0) is 67.6 Å². The molecule has 0 aliphatic heterocycles. The zero-order valence-corrected chi connectivity index (χ0v) is 19.7. The standard InChI is InChI=1S/C26H25NO8/c1-16(28)17-5-12-22(24(13-17)33-4)35-26(30)18-6-11-21(23(14-18)32-3)34-15-25(29)27-19-7-9-20(31-2)10-8-19/h5-14H,15H2,1-4H3,(H,27,29). The number of nitrogens with one attached hydrogen (secondary N) is 1. The molecule has 0 saturated carbocycles. The van der Waals surface area contributed by atoms with Crippen molar-refractivity contribution in [3.63, 3.8) is 0 Å². The smallest absolute Gasteiger partial charge is 0.343 e. The van der Waals surface area contributed by atoms with Gasteiger partial charge in [-0.3, -0.25) is 9.59 Å². The number of benzene rings is 3. The minimum atomic E-state index is -0.666. The Kier molecular flexibility index (Phi) is 8.29. The van der Waals surface area contributed by atoms with Crippen LogP contribution in [0.25, 0.3) is 0 Å². The van der Waals surface area contributed by atoms with Crippen LogP contribution in [0.3, 0.4) is 0 Å². The summed E-state index contributed by atoms with van der Waals surface area (Å²) < 4.78 is 26.6.